The average Bonchev–Trinajstić information content (AvgIpc) is 2.30. The largest absolute Gasteiger partial charge is 0.396 e. The van der Waals surface area contributed by atoms with Crippen LogP contribution in [0.5, 0.6) is 0 Å². The molecule has 1 aliphatic heterocycles. The van der Waals surface area contributed by atoms with Crippen molar-refractivity contribution in [3.63, 3.8) is 0 Å². The van der Waals surface area contributed by atoms with Crippen molar-refractivity contribution in [1.82, 2.24) is 4.42 Å². The molecule has 0 bridgehead atoms. The number of halogens is 2. The molecule has 1 heterocycles. The van der Waals surface area contributed by atoms with Crippen molar-refractivity contribution in [3.05, 3.63) is 35.6 Å². The number of aliphatic hydroxyl groups excluding tert-OH is 1. The second-order valence-electron chi connectivity index (χ2n) is 4.26. The summed E-state index contributed by atoms with van der Waals surface area (Å²) in [5.74, 6) is 0.191. The van der Waals surface area contributed by atoms with E-state index in [1.54, 1.807) is 16.6 Å². The van der Waals surface area contributed by atoms with Gasteiger partial charge in [0.1, 0.15) is 5.82 Å². The Kier molecular flexibility index (Phi) is 3.79. The summed E-state index contributed by atoms with van der Waals surface area (Å²) >= 11 is 5.93. The number of hydrogen-bond donors (Lipinski definition) is 1. The number of rotatable bonds is 2. The standard InChI is InChI=1S/C12H15ClFNO/c13-15-6-5-12(10(7-15)8-16)9-1-3-11(14)4-2-9/h1-4,10,12,16H,5-8H2. The Morgan fingerprint density at radius 2 is 2.06 bits per heavy atom. The normalized spacial score (nSPS) is 26.9. The molecule has 2 unspecified atom stereocenters. The molecule has 1 saturated heterocycles. The molecule has 2 rings (SSSR count). The monoisotopic (exact) mass is 243 g/mol. The first-order valence-electron chi connectivity index (χ1n) is 5.47. The van der Waals surface area contributed by atoms with E-state index in [1.165, 1.54) is 12.1 Å². The molecule has 0 saturated carbocycles. The minimum atomic E-state index is -0.223. The van der Waals surface area contributed by atoms with Crippen molar-refractivity contribution >= 4 is 11.8 Å². The quantitative estimate of drug-likeness (QED) is 0.807. The van der Waals surface area contributed by atoms with Gasteiger partial charge in [0.05, 0.1) is 0 Å². The maximum Gasteiger partial charge on any atom is 0.123 e. The van der Waals surface area contributed by atoms with E-state index in [-0.39, 0.29) is 24.3 Å². The van der Waals surface area contributed by atoms with Crippen LogP contribution in [0.15, 0.2) is 24.3 Å². The number of nitrogens with zero attached hydrogens (tertiary/aromatic N) is 1. The van der Waals surface area contributed by atoms with Gasteiger partial charge in [-0.05, 0) is 41.8 Å². The van der Waals surface area contributed by atoms with E-state index < -0.39 is 0 Å². The summed E-state index contributed by atoms with van der Waals surface area (Å²) in [6, 6.07) is 6.53. The molecule has 1 aromatic rings. The second-order valence-corrected chi connectivity index (χ2v) is 4.74. The van der Waals surface area contributed by atoms with Gasteiger partial charge in [-0.2, -0.15) is 0 Å². The lowest BCUT2D eigenvalue weighted by atomic mass is 9.81. The number of benzene rings is 1. The van der Waals surface area contributed by atoms with Crippen LogP contribution in [0.25, 0.3) is 0 Å². The van der Waals surface area contributed by atoms with Gasteiger partial charge < -0.3 is 5.11 Å². The fourth-order valence-corrected chi connectivity index (χ4v) is 2.60. The summed E-state index contributed by atoms with van der Waals surface area (Å²) in [5, 5.41) is 9.34. The van der Waals surface area contributed by atoms with E-state index in [0.29, 0.717) is 6.54 Å². The predicted octanol–water partition coefficient (Wildman–Crippen LogP) is 2.38. The second kappa shape index (κ2) is 5.13. The molecule has 88 valence electrons. The lowest BCUT2D eigenvalue weighted by Gasteiger charge is -2.34. The molecule has 2 atom stereocenters. The maximum absolute atomic E-state index is 12.8. The van der Waals surface area contributed by atoms with Crippen LogP contribution in [-0.2, 0) is 0 Å². The first kappa shape index (κ1) is 11.8. The number of hydrogen-bond acceptors (Lipinski definition) is 2. The van der Waals surface area contributed by atoms with Gasteiger partial charge in [-0.3, -0.25) is 0 Å². The summed E-state index contributed by atoms with van der Waals surface area (Å²) in [5.41, 5.74) is 1.09. The molecule has 0 radical (unpaired) electrons. The summed E-state index contributed by atoms with van der Waals surface area (Å²) in [6.07, 6.45) is 0.903. The minimum absolute atomic E-state index is 0.116. The summed E-state index contributed by atoms with van der Waals surface area (Å²) < 4.78 is 14.5. The average molecular weight is 244 g/mol. The Balaban J connectivity index is 2.15. The van der Waals surface area contributed by atoms with E-state index in [4.69, 9.17) is 11.8 Å². The molecular weight excluding hydrogens is 229 g/mol. The predicted molar refractivity (Wildman–Crippen MR) is 61.8 cm³/mol. The lowest BCUT2D eigenvalue weighted by molar-refractivity contribution is 0.146. The minimum Gasteiger partial charge on any atom is -0.396 e. The first-order chi connectivity index (χ1) is 7.70. The number of aliphatic hydroxyl groups is 1. The Bertz CT molecular complexity index is 343. The molecule has 0 amide bonds. The molecule has 0 aromatic heterocycles. The zero-order chi connectivity index (χ0) is 11.5. The Morgan fingerprint density at radius 1 is 1.38 bits per heavy atom. The Hall–Kier alpha value is -0.640. The van der Waals surface area contributed by atoms with Gasteiger partial charge in [-0.1, -0.05) is 12.1 Å². The summed E-state index contributed by atoms with van der Waals surface area (Å²) in [7, 11) is 0. The third kappa shape index (κ3) is 2.54. The van der Waals surface area contributed by atoms with E-state index in [1.807, 2.05) is 0 Å². The molecule has 1 N–H and O–H groups in total. The van der Waals surface area contributed by atoms with Crippen LogP contribution in [0.1, 0.15) is 17.9 Å². The van der Waals surface area contributed by atoms with Crippen LogP contribution in [-0.4, -0.2) is 29.2 Å². The van der Waals surface area contributed by atoms with Crippen molar-refractivity contribution in [3.8, 4) is 0 Å². The van der Waals surface area contributed by atoms with Gasteiger partial charge in [0.15, 0.2) is 0 Å². The van der Waals surface area contributed by atoms with Crippen LogP contribution in [0.2, 0.25) is 0 Å². The van der Waals surface area contributed by atoms with Gasteiger partial charge in [0, 0.05) is 25.6 Å². The van der Waals surface area contributed by atoms with Gasteiger partial charge in [-0.25, -0.2) is 8.81 Å². The van der Waals surface area contributed by atoms with Gasteiger partial charge >= 0.3 is 0 Å². The molecule has 1 fully saturated rings. The number of piperidine rings is 1. The molecule has 2 nitrogen and oxygen atoms in total. The van der Waals surface area contributed by atoms with Crippen LogP contribution in [0, 0.1) is 11.7 Å². The van der Waals surface area contributed by atoms with Crippen molar-refractivity contribution in [2.24, 2.45) is 5.92 Å². The van der Waals surface area contributed by atoms with Crippen LogP contribution >= 0.6 is 11.8 Å². The van der Waals surface area contributed by atoms with E-state index in [9.17, 15) is 9.50 Å². The highest BCUT2D eigenvalue weighted by atomic mass is 35.5. The fraction of sp³-hybridized carbons (Fsp3) is 0.500. The Morgan fingerprint density at radius 3 is 2.69 bits per heavy atom. The SMILES string of the molecule is OCC1CN(Cl)CCC1c1ccc(F)cc1. The molecule has 1 aromatic carbocycles. The highest BCUT2D eigenvalue weighted by Crippen LogP contribution is 2.33. The molecule has 0 spiro atoms. The van der Waals surface area contributed by atoms with Crippen LogP contribution in [0.3, 0.4) is 0 Å². The van der Waals surface area contributed by atoms with Crippen molar-refractivity contribution in [2.75, 3.05) is 19.7 Å². The lowest BCUT2D eigenvalue weighted by Crippen LogP contribution is -2.36. The van der Waals surface area contributed by atoms with Crippen molar-refractivity contribution in [2.45, 2.75) is 12.3 Å². The van der Waals surface area contributed by atoms with Crippen LogP contribution in [0.4, 0.5) is 4.39 Å². The van der Waals surface area contributed by atoms with Gasteiger partial charge in [-0.15, -0.1) is 0 Å². The first-order valence-corrected chi connectivity index (χ1v) is 5.81. The molecule has 16 heavy (non-hydrogen) atoms. The van der Waals surface area contributed by atoms with Crippen molar-refractivity contribution < 1.29 is 9.50 Å². The van der Waals surface area contributed by atoms with E-state index in [2.05, 4.69) is 0 Å². The van der Waals surface area contributed by atoms with E-state index in [0.717, 1.165) is 18.5 Å². The molecule has 1 aliphatic rings. The van der Waals surface area contributed by atoms with Gasteiger partial charge in [0.2, 0.25) is 0 Å². The van der Waals surface area contributed by atoms with Crippen LogP contribution < -0.4 is 0 Å². The van der Waals surface area contributed by atoms with Gasteiger partial charge in [0.25, 0.3) is 0 Å². The fourth-order valence-electron chi connectivity index (χ4n) is 2.32. The molecular formula is C12H15ClFNO. The highest BCUT2D eigenvalue weighted by molar-refractivity contribution is 6.13. The molecule has 0 aliphatic carbocycles. The highest BCUT2D eigenvalue weighted by Gasteiger charge is 2.29. The maximum atomic E-state index is 12.8. The summed E-state index contributed by atoms with van der Waals surface area (Å²) in [4.78, 5) is 0. The molecule has 4 heteroatoms. The zero-order valence-electron chi connectivity index (χ0n) is 8.94. The Labute approximate surface area is 99.7 Å². The zero-order valence-corrected chi connectivity index (χ0v) is 9.70. The summed E-state index contributed by atoms with van der Waals surface area (Å²) in [6.45, 7) is 1.60. The van der Waals surface area contributed by atoms with Crippen molar-refractivity contribution in [1.29, 1.82) is 0 Å². The van der Waals surface area contributed by atoms with E-state index >= 15 is 0 Å². The topological polar surface area (TPSA) is 23.5 Å². The third-order valence-electron chi connectivity index (χ3n) is 3.22. The smallest absolute Gasteiger partial charge is 0.123 e. The third-order valence-corrected chi connectivity index (χ3v) is 3.52.